The highest BCUT2D eigenvalue weighted by atomic mass is 19.1. The van der Waals surface area contributed by atoms with Gasteiger partial charge in [0.2, 0.25) is 0 Å². The summed E-state index contributed by atoms with van der Waals surface area (Å²) in [5, 5.41) is 0. The maximum Gasteiger partial charge on any atom is 0.166 e. The van der Waals surface area contributed by atoms with Gasteiger partial charge in [0.05, 0.1) is 0 Å². The van der Waals surface area contributed by atoms with Gasteiger partial charge in [-0.25, -0.2) is 4.39 Å². The van der Waals surface area contributed by atoms with E-state index >= 15 is 0 Å². The van der Waals surface area contributed by atoms with Crippen LogP contribution in [0.1, 0.15) is 48.5 Å². The molecule has 2 atom stereocenters. The molecule has 3 heteroatoms. The molecular weight excluding hydrogens is 203 g/mol. The fourth-order valence-corrected chi connectivity index (χ4v) is 2.57. The van der Waals surface area contributed by atoms with Gasteiger partial charge in [0.1, 0.15) is 0 Å². The van der Waals surface area contributed by atoms with E-state index < -0.39 is 6.30 Å². The molecule has 0 N–H and O–H groups in total. The van der Waals surface area contributed by atoms with Crippen LogP contribution in [0, 0.1) is 0 Å². The van der Waals surface area contributed by atoms with Crippen molar-refractivity contribution >= 4 is 0 Å². The highest BCUT2D eigenvalue weighted by Gasteiger charge is 2.40. The van der Waals surface area contributed by atoms with E-state index in [0.717, 1.165) is 6.54 Å². The van der Waals surface area contributed by atoms with Crippen LogP contribution in [0.25, 0.3) is 0 Å². The molecule has 96 valence electrons. The molecule has 0 radical (unpaired) electrons. The van der Waals surface area contributed by atoms with Crippen molar-refractivity contribution in [3.8, 4) is 0 Å². The van der Waals surface area contributed by atoms with Crippen LogP contribution in [0.15, 0.2) is 0 Å². The molecule has 0 aromatic carbocycles. The van der Waals surface area contributed by atoms with Crippen molar-refractivity contribution in [3.63, 3.8) is 0 Å². The normalized spacial score (nSPS) is 30.8. The molecule has 1 heterocycles. The largest absolute Gasteiger partial charge is 0.290 e. The maximum absolute atomic E-state index is 14.2. The molecule has 0 bridgehead atoms. The Morgan fingerprint density at radius 1 is 0.875 bits per heavy atom. The molecule has 1 aliphatic rings. The van der Waals surface area contributed by atoms with Crippen molar-refractivity contribution in [2.45, 2.75) is 71.9 Å². The van der Waals surface area contributed by atoms with E-state index in [1.807, 2.05) is 4.90 Å². The third-order valence-electron chi connectivity index (χ3n) is 3.40. The van der Waals surface area contributed by atoms with Crippen molar-refractivity contribution in [1.29, 1.82) is 0 Å². The number of alkyl halides is 1. The minimum Gasteiger partial charge on any atom is -0.290 e. The third-order valence-corrected chi connectivity index (χ3v) is 3.40. The zero-order valence-electron chi connectivity index (χ0n) is 11.8. The van der Waals surface area contributed by atoms with Crippen LogP contribution in [-0.4, -0.2) is 46.3 Å². The molecule has 0 aromatic rings. The molecule has 1 saturated heterocycles. The number of piperazine rings is 1. The van der Waals surface area contributed by atoms with Crippen LogP contribution in [0.3, 0.4) is 0 Å². The van der Waals surface area contributed by atoms with Crippen LogP contribution < -0.4 is 0 Å². The lowest BCUT2D eigenvalue weighted by molar-refractivity contribution is -0.0980. The zero-order chi connectivity index (χ0) is 12.7. The summed E-state index contributed by atoms with van der Waals surface area (Å²) >= 11 is 0. The second kappa shape index (κ2) is 4.26. The standard InChI is InChI=1S/C13H27FN2/c1-10-8-16(13(5,6)7)11(14)9-15(10)12(2,3)4/h10-11H,8-9H2,1-7H3/t10-,11-/m1/s1. The molecule has 0 aromatic heterocycles. The first-order valence-corrected chi connectivity index (χ1v) is 6.21. The topological polar surface area (TPSA) is 6.48 Å². The monoisotopic (exact) mass is 230 g/mol. The molecule has 1 rings (SSSR count). The molecule has 0 aliphatic carbocycles. The molecule has 1 aliphatic heterocycles. The van der Waals surface area contributed by atoms with Crippen LogP contribution in [-0.2, 0) is 0 Å². The first-order valence-electron chi connectivity index (χ1n) is 6.21. The van der Waals surface area contributed by atoms with Gasteiger partial charge in [-0.05, 0) is 48.5 Å². The predicted octanol–water partition coefficient (Wildman–Crippen LogP) is 2.89. The van der Waals surface area contributed by atoms with E-state index in [4.69, 9.17) is 0 Å². The van der Waals surface area contributed by atoms with Crippen molar-refractivity contribution in [2.24, 2.45) is 0 Å². The van der Waals surface area contributed by atoms with Gasteiger partial charge in [-0.1, -0.05) is 0 Å². The fraction of sp³-hybridized carbons (Fsp3) is 1.00. The summed E-state index contributed by atoms with van der Waals surface area (Å²) in [6.45, 7) is 16.2. The average Bonchev–Trinajstić information content (AvgIpc) is 2.04. The average molecular weight is 230 g/mol. The Bertz CT molecular complexity index is 213. The quantitative estimate of drug-likeness (QED) is 0.590. The van der Waals surface area contributed by atoms with E-state index in [9.17, 15) is 4.39 Å². The lowest BCUT2D eigenvalue weighted by Crippen LogP contribution is -2.64. The SMILES string of the molecule is C[C@@H]1CN(C(C)(C)C)[C@@H](F)CN1C(C)(C)C. The first kappa shape index (κ1) is 13.9. The van der Waals surface area contributed by atoms with Crippen molar-refractivity contribution in [3.05, 3.63) is 0 Å². The molecular formula is C13H27FN2. The van der Waals surface area contributed by atoms with Gasteiger partial charge in [-0.2, -0.15) is 0 Å². The number of halogens is 1. The Hall–Kier alpha value is -0.150. The summed E-state index contributed by atoms with van der Waals surface area (Å²) in [5.74, 6) is 0. The molecule has 2 nitrogen and oxygen atoms in total. The molecule has 1 fully saturated rings. The second-order valence-electron chi connectivity index (χ2n) is 6.93. The molecule has 0 saturated carbocycles. The van der Waals surface area contributed by atoms with Crippen LogP contribution in [0.5, 0.6) is 0 Å². The maximum atomic E-state index is 14.2. The fourth-order valence-electron chi connectivity index (χ4n) is 2.57. The summed E-state index contributed by atoms with van der Waals surface area (Å²) in [6.07, 6.45) is -0.851. The number of nitrogens with zero attached hydrogens (tertiary/aromatic N) is 2. The minimum atomic E-state index is -0.851. The second-order valence-corrected chi connectivity index (χ2v) is 6.93. The molecule has 0 unspecified atom stereocenters. The smallest absolute Gasteiger partial charge is 0.166 e. The van der Waals surface area contributed by atoms with Gasteiger partial charge in [0.15, 0.2) is 6.30 Å². The first-order chi connectivity index (χ1) is 7.03. The summed E-state index contributed by atoms with van der Waals surface area (Å²) in [5.41, 5.74) is -0.0363. The molecule has 16 heavy (non-hydrogen) atoms. The van der Waals surface area contributed by atoms with Crippen molar-refractivity contribution < 1.29 is 4.39 Å². The van der Waals surface area contributed by atoms with Crippen molar-refractivity contribution in [1.82, 2.24) is 9.80 Å². The predicted molar refractivity (Wildman–Crippen MR) is 67.3 cm³/mol. The van der Waals surface area contributed by atoms with Gasteiger partial charge >= 0.3 is 0 Å². The number of rotatable bonds is 0. The van der Waals surface area contributed by atoms with E-state index in [0.29, 0.717) is 12.6 Å². The Labute approximate surface area is 99.8 Å². The molecule has 0 spiro atoms. The lowest BCUT2D eigenvalue weighted by Gasteiger charge is -2.51. The van der Waals surface area contributed by atoms with Gasteiger partial charge in [-0.3, -0.25) is 9.80 Å². The summed E-state index contributed by atoms with van der Waals surface area (Å²) in [6, 6.07) is 0.409. The third kappa shape index (κ3) is 2.95. The van der Waals surface area contributed by atoms with Gasteiger partial charge in [-0.15, -0.1) is 0 Å². The van der Waals surface area contributed by atoms with E-state index in [2.05, 4.69) is 53.4 Å². The van der Waals surface area contributed by atoms with E-state index in [1.54, 1.807) is 0 Å². The van der Waals surface area contributed by atoms with E-state index in [1.165, 1.54) is 0 Å². The van der Waals surface area contributed by atoms with Crippen LogP contribution in [0.4, 0.5) is 4.39 Å². The van der Waals surface area contributed by atoms with Gasteiger partial charge in [0.25, 0.3) is 0 Å². The Balaban J connectivity index is 2.79. The van der Waals surface area contributed by atoms with Gasteiger partial charge in [0, 0.05) is 30.2 Å². The van der Waals surface area contributed by atoms with Crippen LogP contribution >= 0.6 is 0 Å². The lowest BCUT2D eigenvalue weighted by atomic mass is 9.97. The summed E-state index contributed by atoms with van der Waals surface area (Å²) in [4.78, 5) is 4.24. The van der Waals surface area contributed by atoms with Gasteiger partial charge < -0.3 is 0 Å². The minimum absolute atomic E-state index is 0.0493. The van der Waals surface area contributed by atoms with Crippen molar-refractivity contribution in [2.75, 3.05) is 13.1 Å². The number of hydrogen-bond acceptors (Lipinski definition) is 2. The highest BCUT2D eigenvalue weighted by molar-refractivity contribution is 4.93. The van der Waals surface area contributed by atoms with Crippen LogP contribution in [0.2, 0.25) is 0 Å². The number of hydrogen-bond donors (Lipinski definition) is 0. The molecule has 0 amide bonds. The zero-order valence-corrected chi connectivity index (χ0v) is 11.8. The Morgan fingerprint density at radius 2 is 1.31 bits per heavy atom. The summed E-state index contributed by atoms with van der Waals surface area (Å²) < 4.78 is 14.2. The highest BCUT2D eigenvalue weighted by Crippen LogP contribution is 2.28. The van der Waals surface area contributed by atoms with E-state index in [-0.39, 0.29) is 11.1 Å². The Kier molecular flexibility index (Phi) is 3.71. The summed E-state index contributed by atoms with van der Waals surface area (Å²) in [7, 11) is 0. The Morgan fingerprint density at radius 3 is 1.69 bits per heavy atom.